The quantitative estimate of drug-likeness (QED) is 0.0177. The van der Waals surface area contributed by atoms with Crippen molar-refractivity contribution in [3.05, 3.63) is 120 Å². The van der Waals surface area contributed by atoms with Crippen molar-refractivity contribution in [3.8, 4) is 0 Å². The first kappa shape index (κ1) is 51.0. The highest BCUT2D eigenvalue weighted by Gasteiger charge is 2.41. The van der Waals surface area contributed by atoms with Crippen molar-refractivity contribution >= 4 is 102 Å². The number of anilines is 4. The summed E-state index contributed by atoms with van der Waals surface area (Å²) in [6, 6.07) is 10.8. The van der Waals surface area contributed by atoms with Gasteiger partial charge in [0.2, 0.25) is 16.9 Å². The minimum atomic E-state index is -5.35. The third-order valence-corrected chi connectivity index (χ3v) is 12.1. The lowest BCUT2D eigenvalue weighted by molar-refractivity contribution is -0.432. The van der Waals surface area contributed by atoms with Crippen molar-refractivity contribution in [2.24, 2.45) is 25.5 Å². The van der Waals surface area contributed by atoms with Gasteiger partial charge in [-0.05, 0) is 78.0 Å². The number of aliphatic carboxylic acids is 1. The molecular weight excluding hydrogens is 1020 g/mol. The van der Waals surface area contributed by atoms with Crippen LogP contribution in [-0.4, -0.2) is 75.7 Å². The van der Waals surface area contributed by atoms with Gasteiger partial charge < -0.3 is 15.5 Å². The van der Waals surface area contributed by atoms with Gasteiger partial charge in [0.05, 0.1) is 79.6 Å². The predicted octanol–water partition coefficient (Wildman–Crippen LogP) is 2.27. The Labute approximate surface area is 387 Å². The Hall–Kier alpha value is -6.40. The Kier molecular flexibility index (Phi) is 16.3. The largest absolute Gasteiger partial charge is 0.733 e. The van der Waals surface area contributed by atoms with Crippen LogP contribution in [0.5, 0.6) is 0 Å². The van der Waals surface area contributed by atoms with Gasteiger partial charge in [-0.2, -0.15) is 47.4 Å². The molecule has 0 spiro atoms. The van der Waals surface area contributed by atoms with Crippen molar-refractivity contribution in [2.45, 2.75) is 30.5 Å². The first-order chi connectivity index (χ1) is 32.3. The maximum absolute atomic E-state index is 14.0. The van der Waals surface area contributed by atoms with Crippen LogP contribution >= 0.6 is 36.1 Å². The highest BCUT2D eigenvalue weighted by Crippen LogP contribution is 2.33. The third kappa shape index (κ3) is 11.6. The first-order valence-corrected chi connectivity index (χ1v) is 22.3. The summed E-state index contributed by atoms with van der Waals surface area (Å²) in [5.41, 5.74) is -0.723. The van der Waals surface area contributed by atoms with Gasteiger partial charge in [0.1, 0.15) is 15.1 Å². The Balaban J connectivity index is 1.40. The van der Waals surface area contributed by atoms with Gasteiger partial charge in [-0.25, -0.2) is 20.6 Å². The number of carbonyl (C=O) groups is 2. The molecule has 3 aromatic rings. The normalized spacial score (nSPS) is 14.9. The third-order valence-electron chi connectivity index (χ3n) is 8.46. The lowest BCUT2D eigenvalue weighted by Gasteiger charge is -2.22. The molecule has 1 amide bonds. The van der Waals surface area contributed by atoms with Crippen LogP contribution in [0.25, 0.3) is 0 Å². The van der Waals surface area contributed by atoms with E-state index in [2.05, 4.69) is 64.5 Å². The number of carboxylic acids is 1. The SMILES string of the molecule is O=C(O)C1=NN(c2ccc(SOOO)cc2)C(=O)C1N=Nc1ccc(NN=c2c(SOOO)cc3cc(S(=O)(=O)O)c(=NNc4ccc(N([O-])O)cc4SOOO)c(=O)c=3c2=O)c(S(=O)(=O)O)c1. The zero-order chi connectivity index (χ0) is 49.5. The standard InChI is InChI=1S/C32H22N9O22S5/c42-29-24-13(10-23(68(55,56)57)26(30(24)43)37-34-18-8-4-16(41(47)48)12-20(18)65-62-59-50)9-21(66-63-60-51)25(29)36-35-19-7-1-14(11-22(19)67(52,53)54)33-38-27-28(32(45)46)39-40(31(27)44)15-2-5-17(6-3-15)64-61-58-49/h1-12,27,34-35,47,49-51H,(H,45,46)(H,52,53,54)(H,55,56,57)/q-1. The summed E-state index contributed by atoms with van der Waals surface area (Å²) in [5.74, 6) is -2.68. The van der Waals surface area contributed by atoms with Crippen molar-refractivity contribution < 1.29 is 89.7 Å². The van der Waals surface area contributed by atoms with Crippen LogP contribution < -0.4 is 42.7 Å². The van der Waals surface area contributed by atoms with E-state index < -0.39 is 113 Å². The summed E-state index contributed by atoms with van der Waals surface area (Å²) in [7, 11) is -10.6. The summed E-state index contributed by atoms with van der Waals surface area (Å²) in [5, 5.41) is 82.4. The number of hydrogen-bond donors (Lipinski definition) is 9. The zero-order valence-electron chi connectivity index (χ0n) is 32.4. The summed E-state index contributed by atoms with van der Waals surface area (Å²) < 4.78 is 83.5. The molecule has 3 aromatic carbocycles. The second-order valence-electron chi connectivity index (χ2n) is 12.5. The average Bonchev–Trinajstić information content (AvgIpc) is 3.63. The molecule has 0 bridgehead atoms. The summed E-state index contributed by atoms with van der Waals surface area (Å²) in [6.45, 7) is 0. The molecule has 1 heterocycles. The van der Waals surface area contributed by atoms with Crippen LogP contribution in [0.4, 0.5) is 28.4 Å². The Morgan fingerprint density at radius 3 is 1.96 bits per heavy atom. The van der Waals surface area contributed by atoms with E-state index in [-0.39, 0.29) is 40.4 Å². The maximum Gasteiger partial charge on any atom is 0.355 e. The number of carbonyl (C=O) groups excluding carboxylic acids is 1. The molecule has 68 heavy (non-hydrogen) atoms. The zero-order valence-corrected chi connectivity index (χ0v) is 36.5. The van der Waals surface area contributed by atoms with E-state index in [9.17, 15) is 60.6 Å². The molecule has 1 atom stereocenters. The fraction of sp³-hybridized carbons (Fsp3) is 0.0312. The molecule has 9 N–H and O–H groups in total. The van der Waals surface area contributed by atoms with Crippen molar-refractivity contribution in [2.75, 3.05) is 21.1 Å². The highest BCUT2D eigenvalue weighted by atomic mass is 32.2. The van der Waals surface area contributed by atoms with Crippen LogP contribution in [0.3, 0.4) is 0 Å². The van der Waals surface area contributed by atoms with E-state index in [4.69, 9.17) is 15.8 Å². The molecule has 2 aliphatic carbocycles. The summed E-state index contributed by atoms with van der Waals surface area (Å²) >= 11 is 0.864. The summed E-state index contributed by atoms with van der Waals surface area (Å²) in [6.07, 6.45) is 0. The molecular formula is C32H22N9O22S5-. The molecule has 0 saturated carbocycles. The average molecular weight is 1040 g/mol. The molecule has 0 radical (unpaired) electrons. The van der Waals surface area contributed by atoms with E-state index in [1.54, 1.807) is 0 Å². The number of nitrogens with zero attached hydrogens (tertiary/aromatic N) is 7. The molecule has 0 saturated heterocycles. The number of amides is 1. The molecule has 1 unspecified atom stereocenters. The monoisotopic (exact) mass is 1040 g/mol. The van der Waals surface area contributed by atoms with Crippen LogP contribution in [0, 0.1) is 15.6 Å². The molecule has 3 aliphatic rings. The number of nitrogens with one attached hydrogen (secondary N) is 2. The van der Waals surface area contributed by atoms with Gasteiger partial charge in [0, 0.05) is 4.90 Å². The summed E-state index contributed by atoms with van der Waals surface area (Å²) in [4.78, 5) is 50.8. The van der Waals surface area contributed by atoms with Gasteiger partial charge >= 0.3 is 5.97 Å². The molecule has 358 valence electrons. The Morgan fingerprint density at radius 1 is 0.750 bits per heavy atom. The number of hydrogen-bond acceptors (Lipinski definition) is 30. The van der Waals surface area contributed by atoms with Gasteiger partial charge in [-0.3, -0.25) is 39.5 Å². The van der Waals surface area contributed by atoms with E-state index in [0.717, 1.165) is 36.4 Å². The number of carboxylic acid groups (broad SMARTS) is 1. The van der Waals surface area contributed by atoms with Gasteiger partial charge in [0.15, 0.2) is 11.1 Å². The molecule has 0 fully saturated rings. The van der Waals surface area contributed by atoms with E-state index in [1.807, 2.05) is 0 Å². The molecule has 31 nitrogen and oxygen atoms in total. The second-order valence-corrected chi connectivity index (χ2v) is 17.5. The van der Waals surface area contributed by atoms with Gasteiger partial charge in [-0.1, -0.05) is 15.1 Å². The van der Waals surface area contributed by atoms with E-state index in [1.165, 1.54) is 24.3 Å². The first-order valence-electron chi connectivity index (χ1n) is 17.2. The van der Waals surface area contributed by atoms with Crippen molar-refractivity contribution in [3.63, 3.8) is 0 Å². The van der Waals surface area contributed by atoms with Crippen molar-refractivity contribution in [1.82, 2.24) is 0 Å². The maximum atomic E-state index is 14.0. The lowest BCUT2D eigenvalue weighted by atomic mass is 10.1. The van der Waals surface area contributed by atoms with E-state index >= 15 is 0 Å². The van der Waals surface area contributed by atoms with Crippen LogP contribution in [0.2, 0.25) is 0 Å². The smallest absolute Gasteiger partial charge is 0.355 e. The van der Waals surface area contributed by atoms with Gasteiger partial charge in [-0.15, -0.1) is 13.0 Å². The van der Waals surface area contributed by atoms with E-state index in [0.29, 0.717) is 34.1 Å². The predicted molar refractivity (Wildman–Crippen MR) is 224 cm³/mol. The van der Waals surface area contributed by atoms with Crippen molar-refractivity contribution in [1.29, 1.82) is 0 Å². The molecule has 0 aromatic heterocycles. The van der Waals surface area contributed by atoms with Crippen LogP contribution in [0.1, 0.15) is 0 Å². The highest BCUT2D eigenvalue weighted by molar-refractivity contribution is 7.95. The number of azo groups is 1. The Morgan fingerprint density at radius 2 is 1.34 bits per heavy atom. The van der Waals surface area contributed by atoms with Crippen LogP contribution in [-0.2, 0) is 57.9 Å². The minimum absolute atomic E-state index is 0.0507. The fourth-order valence-electron chi connectivity index (χ4n) is 5.62. The minimum Gasteiger partial charge on any atom is -0.733 e. The topological polar surface area (TPSA) is 449 Å². The number of rotatable bonds is 20. The molecule has 36 heteroatoms. The lowest BCUT2D eigenvalue weighted by Crippen LogP contribution is -2.40. The van der Waals surface area contributed by atoms with Crippen LogP contribution in [0.15, 0.2) is 132 Å². The number of hydrazone groups is 1. The molecule has 6 rings (SSSR count). The molecule has 1 aliphatic heterocycles. The fourth-order valence-corrected chi connectivity index (χ4v) is 8.27. The number of benzene rings is 3. The van der Waals surface area contributed by atoms with Gasteiger partial charge in [0.25, 0.3) is 26.1 Å². The Bertz CT molecular complexity index is 3380. The second kappa shape index (κ2) is 21.7.